The summed E-state index contributed by atoms with van der Waals surface area (Å²) >= 11 is 6.20. The Morgan fingerprint density at radius 3 is 2.79 bits per heavy atom. The second kappa shape index (κ2) is 7.30. The van der Waals surface area contributed by atoms with E-state index in [1.807, 2.05) is 4.90 Å². The smallest absolute Gasteiger partial charge is 0.255 e. The standard InChI is InChI=1S/C18H24ClNO4/c1-22-11-14-10-18(12-24-14)5-7-20(8-6-18)17(21)15-9-13(23-2)3-4-16(15)19/h3-4,9,14H,5-8,10-12H2,1-2H3. The average molecular weight is 354 g/mol. The first-order chi connectivity index (χ1) is 11.6. The fourth-order valence-corrected chi connectivity index (χ4v) is 3.88. The Hall–Kier alpha value is -1.30. The first kappa shape index (κ1) is 17.5. The van der Waals surface area contributed by atoms with E-state index in [0.717, 1.165) is 39.0 Å². The summed E-state index contributed by atoms with van der Waals surface area (Å²) in [5.41, 5.74) is 0.699. The fourth-order valence-electron chi connectivity index (χ4n) is 3.69. The van der Waals surface area contributed by atoms with Gasteiger partial charge in [-0.25, -0.2) is 0 Å². The lowest BCUT2D eigenvalue weighted by atomic mass is 9.76. The molecule has 5 nitrogen and oxygen atoms in total. The van der Waals surface area contributed by atoms with Crippen molar-refractivity contribution in [3.8, 4) is 5.75 Å². The molecule has 2 fully saturated rings. The summed E-state index contributed by atoms with van der Waals surface area (Å²) in [6.45, 7) is 2.87. The van der Waals surface area contributed by atoms with Gasteiger partial charge in [-0.2, -0.15) is 0 Å². The van der Waals surface area contributed by atoms with Crippen molar-refractivity contribution in [2.75, 3.05) is 40.5 Å². The first-order valence-electron chi connectivity index (χ1n) is 8.30. The molecule has 2 aliphatic rings. The number of amides is 1. The zero-order valence-electron chi connectivity index (χ0n) is 14.2. The Morgan fingerprint density at radius 1 is 1.38 bits per heavy atom. The molecule has 3 rings (SSSR count). The number of hydrogen-bond acceptors (Lipinski definition) is 4. The minimum absolute atomic E-state index is 0.0268. The minimum Gasteiger partial charge on any atom is -0.497 e. The second-order valence-corrected chi connectivity index (χ2v) is 7.14. The van der Waals surface area contributed by atoms with Gasteiger partial charge in [-0.15, -0.1) is 0 Å². The van der Waals surface area contributed by atoms with Crippen LogP contribution in [0.1, 0.15) is 29.6 Å². The number of halogens is 1. The van der Waals surface area contributed by atoms with Crippen LogP contribution in [0.15, 0.2) is 18.2 Å². The number of carbonyl (C=O) groups excluding carboxylic acids is 1. The van der Waals surface area contributed by atoms with Gasteiger partial charge in [-0.3, -0.25) is 4.79 Å². The molecule has 0 saturated carbocycles. The number of carbonyl (C=O) groups is 1. The Kier molecular flexibility index (Phi) is 5.33. The van der Waals surface area contributed by atoms with E-state index >= 15 is 0 Å². The highest BCUT2D eigenvalue weighted by atomic mass is 35.5. The summed E-state index contributed by atoms with van der Waals surface area (Å²) in [6, 6.07) is 5.18. The van der Waals surface area contributed by atoms with E-state index in [4.69, 9.17) is 25.8 Å². The molecule has 2 heterocycles. The Morgan fingerprint density at radius 2 is 2.12 bits per heavy atom. The quantitative estimate of drug-likeness (QED) is 0.834. The Labute approximate surface area is 147 Å². The molecule has 0 N–H and O–H groups in total. The fraction of sp³-hybridized carbons (Fsp3) is 0.611. The number of benzene rings is 1. The van der Waals surface area contributed by atoms with Gasteiger partial charge in [0.2, 0.25) is 0 Å². The lowest BCUT2D eigenvalue weighted by Crippen LogP contribution is -2.43. The lowest BCUT2D eigenvalue weighted by Gasteiger charge is -2.38. The summed E-state index contributed by atoms with van der Waals surface area (Å²) in [5, 5.41) is 0.463. The molecule has 0 bridgehead atoms. The van der Waals surface area contributed by atoms with E-state index in [1.165, 1.54) is 0 Å². The second-order valence-electron chi connectivity index (χ2n) is 6.73. The van der Waals surface area contributed by atoms with Crippen molar-refractivity contribution in [2.24, 2.45) is 5.41 Å². The molecule has 1 amide bonds. The van der Waals surface area contributed by atoms with Crippen LogP contribution in [0.5, 0.6) is 5.75 Å². The molecule has 2 aliphatic heterocycles. The predicted molar refractivity (Wildman–Crippen MR) is 91.8 cm³/mol. The maximum absolute atomic E-state index is 12.8. The van der Waals surface area contributed by atoms with Crippen molar-refractivity contribution < 1.29 is 19.0 Å². The maximum Gasteiger partial charge on any atom is 0.255 e. The van der Waals surface area contributed by atoms with Gasteiger partial charge >= 0.3 is 0 Å². The average Bonchev–Trinajstić information content (AvgIpc) is 2.98. The third kappa shape index (κ3) is 3.53. The van der Waals surface area contributed by atoms with Gasteiger partial charge < -0.3 is 19.1 Å². The van der Waals surface area contributed by atoms with Crippen LogP contribution in [0.25, 0.3) is 0 Å². The van der Waals surface area contributed by atoms with Crippen molar-refractivity contribution in [2.45, 2.75) is 25.4 Å². The Balaban J connectivity index is 1.64. The molecule has 1 aromatic carbocycles. The van der Waals surface area contributed by atoms with Gasteiger partial charge in [0, 0.05) is 20.2 Å². The zero-order valence-corrected chi connectivity index (χ0v) is 15.0. The molecule has 1 atom stereocenters. The maximum atomic E-state index is 12.8. The van der Waals surface area contributed by atoms with Crippen LogP contribution >= 0.6 is 11.6 Å². The van der Waals surface area contributed by atoms with Crippen LogP contribution in [-0.4, -0.2) is 57.4 Å². The molecule has 1 aromatic rings. The number of likely N-dealkylation sites (tertiary alicyclic amines) is 1. The molecular formula is C18H24ClNO4. The van der Waals surface area contributed by atoms with Crippen molar-refractivity contribution in [1.29, 1.82) is 0 Å². The van der Waals surface area contributed by atoms with Crippen molar-refractivity contribution in [3.05, 3.63) is 28.8 Å². The van der Waals surface area contributed by atoms with E-state index in [2.05, 4.69) is 0 Å². The van der Waals surface area contributed by atoms with Crippen LogP contribution < -0.4 is 4.74 Å². The monoisotopic (exact) mass is 353 g/mol. The first-order valence-corrected chi connectivity index (χ1v) is 8.68. The summed E-state index contributed by atoms with van der Waals surface area (Å²) in [6.07, 6.45) is 3.12. The van der Waals surface area contributed by atoms with Gasteiger partial charge in [0.15, 0.2) is 0 Å². The molecule has 2 saturated heterocycles. The molecular weight excluding hydrogens is 330 g/mol. The highest BCUT2D eigenvalue weighted by Crippen LogP contribution is 2.42. The molecule has 24 heavy (non-hydrogen) atoms. The van der Waals surface area contributed by atoms with E-state index in [0.29, 0.717) is 22.9 Å². The summed E-state index contributed by atoms with van der Waals surface area (Å²) in [4.78, 5) is 14.7. The van der Waals surface area contributed by atoms with Crippen LogP contribution in [0.3, 0.4) is 0 Å². The summed E-state index contributed by atoms with van der Waals surface area (Å²) in [7, 11) is 3.28. The highest BCUT2D eigenvalue weighted by molar-refractivity contribution is 6.33. The predicted octanol–water partition coefficient (Wildman–Crippen LogP) is 3.01. The molecule has 1 unspecified atom stereocenters. The largest absolute Gasteiger partial charge is 0.497 e. The van der Waals surface area contributed by atoms with Gasteiger partial charge in [0.05, 0.1) is 37.0 Å². The molecule has 1 spiro atoms. The topological polar surface area (TPSA) is 48.0 Å². The third-order valence-electron chi connectivity index (χ3n) is 5.15. The highest BCUT2D eigenvalue weighted by Gasteiger charge is 2.43. The molecule has 6 heteroatoms. The van der Waals surface area contributed by atoms with Gasteiger partial charge in [0.1, 0.15) is 5.75 Å². The van der Waals surface area contributed by atoms with Crippen LogP contribution in [-0.2, 0) is 9.47 Å². The SMILES string of the molecule is COCC1CC2(CCN(C(=O)c3cc(OC)ccc3Cl)CC2)CO1. The van der Waals surface area contributed by atoms with Gasteiger partial charge in [-0.1, -0.05) is 11.6 Å². The molecule has 132 valence electrons. The van der Waals surface area contributed by atoms with E-state index in [1.54, 1.807) is 32.4 Å². The van der Waals surface area contributed by atoms with Crippen molar-refractivity contribution in [1.82, 2.24) is 4.90 Å². The van der Waals surface area contributed by atoms with E-state index in [9.17, 15) is 4.79 Å². The third-order valence-corrected chi connectivity index (χ3v) is 5.48. The number of methoxy groups -OCH3 is 2. The number of ether oxygens (including phenoxy) is 3. The van der Waals surface area contributed by atoms with Gasteiger partial charge in [0.25, 0.3) is 5.91 Å². The van der Waals surface area contributed by atoms with Crippen molar-refractivity contribution >= 4 is 17.5 Å². The Bertz CT molecular complexity index is 599. The molecule has 0 radical (unpaired) electrons. The zero-order chi connectivity index (χ0) is 17.2. The summed E-state index contributed by atoms with van der Waals surface area (Å²) < 4.78 is 16.2. The molecule has 0 aromatic heterocycles. The number of nitrogens with zero attached hydrogens (tertiary/aromatic N) is 1. The van der Waals surface area contributed by atoms with Crippen LogP contribution in [0.4, 0.5) is 0 Å². The normalized spacial score (nSPS) is 22.8. The number of piperidine rings is 1. The van der Waals surface area contributed by atoms with Crippen LogP contribution in [0.2, 0.25) is 5.02 Å². The van der Waals surface area contributed by atoms with Crippen molar-refractivity contribution in [3.63, 3.8) is 0 Å². The van der Waals surface area contributed by atoms with E-state index < -0.39 is 0 Å². The van der Waals surface area contributed by atoms with Gasteiger partial charge in [-0.05, 0) is 42.9 Å². The minimum atomic E-state index is -0.0268. The van der Waals surface area contributed by atoms with Crippen LogP contribution in [0, 0.1) is 5.41 Å². The number of hydrogen-bond donors (Lipinski definition) is 0. The summed E-state index contributed by atoms with van der Waals surface area (Å²) in [5.74, 6) is 0.615. The van der Waals surface area contributed by atoms with E-state index in [-0.39, 0.29) is 17.4 Å². The molecule has 0 aliphatic carbocycles. The lowest BCUT2D eigenvalue weighted by molar-refractivity contribution is 0.0281. The number of rotatable bonds is 4.